The van der Waals surface area contributed by atoms with E-state index in [0.717, 1.165) is 26.1 Å². The van der Waals surface area contributed by atoms with Crippen molar-refractivity contribution in [3.63, 3.8) is 0 Å². The minimum absolute atomic E-state index is 0.637. The molecule has 2 aromatic carbocycles. The van der Waals surface area contributed by atoms with E-state index in [9.17, 15) is 0 Å². The van der Waals surface area contributed by atoms with Gasteiger partial charge < -0.3 is 0 Å². The molecule has 0 aliphatic carbocycles. The third-order valence-corrected chi connectivity index (χ3v) is 4.86. The van der Waals surface area contributed by atoms with Crippen molar-refractivity contribution in [1.29, 1.82) is 5.26 Å². The molecule has 0 spiro atoms. The number of thiazole rings is 1. The van der Waals surface area contributed by atoms with Gasteiger partial charge in [-0.25, -0.2) is 4.68 Å². The normalized spacial score (nSPS) is 11.8. The SMILES string of the molecule is CCN=c1scc(-c2ccc(Br)cc2)n1/N=C\c1ccc(C#N)cc1. The van der Waals surface area contributed by atoms with Gasteiger partial charge in [-0.15, -0.1) is 11.3 Å². The summed E-state index contributed by atoms with van der Waals surface area (Å²) < 4.78 is 2.90. The molecular weight excluding hydrogens is 396 g/mol. The molecule has 0 bridgehead atoms. The van der Waals surface area contributed by atoms with Crippen LogP contribution in [0.4, 0.5) is 0 Å². The highest BCUT2D eigenvalue weighted by molar-refractivity contribution is 9.10. The first kappa shape index (κ1) is 17.3. The van der Waals surface area contributed by atoms with Gasteiger partial charge in [-0.3, -0.25) is 4.99 Å². The van der Waals surface area contributed by atoms with E-state index >= 15 is 0 Å². The van der Waals surface area contributed by atoms with E-state index in [-0.39, 0.29) is 0 Å². The van der Waals surface area contributed by atoms with Crippen LogP contribution < -0.4 is 4.80 Å². The predicted molar refractivity (Wildman–Crippen MR) is 106 cm³/mol. The molecule has 0 N–H and O–H groups in total. The molecule has 0 aliphatic heterocycles. The van der Waals surface area contributed by atoms with E-state index in [1.807, 2.05) is 35.9 Å². The van der Waals surface area contributed by atoms with Gasteiger partial charge in [-0.05, 0) is 36.8 Å². The highest BCUT2D eigenvalue weighted by atomic mass is 79.9. The third-order valence-electron chi connectivity index (χ3n) is 3.48. The van der Waals surface area contributed by atoms with Crippen molar-refractivity contribution in [3.8, 4) is 17.3 Å². The van der Waals surface area contributed by atoms with Crippen molar-refractivity contribution in [3.05, 3.63) is 74.3 Å². The van der Waals surface area contributed by atoms with Crippen molar-refractivity contribution >= 4 is 33.5 Å². The van der Waals surface area contributed by atoms with E-state index in [1.54, 1.807) is 29.7 Å². The van der Waals surface area contributed by atoms with Crippen molar-refractivity contribution in [2.45, 2.75) is 6.92 Å². The van der Waals surface area contributed by atoms with Crippen LogP contribution >= 0.6 is 27.3 Å². The molecule has 0 atom stereocenters. The van der Waals surface area contributed by atoms with Gasteiger partial charge in [-0.1, -0.05) is 40.2 Å². The standard InChI is InChI=1S/C19H15BrN4S/c1-2-22-19-24(23-12-15-5-3-14(11-21)4-6-15)18(13-25-19)16-7-9-17(20)10-8-16/h3-10,12-13H,2H2,1H3/b22-19?,23-12-. The Morgan fingerprint density at radius 2 is 1.88 bits per heavy atom. The van der Waals surface area contributed by atoms with Crippen LogP contribution in [0.1, 0.15) is 18.1 Å². The van der Waals surface area contributed by atoms with Gasteiger partial charge in [0.05, 0.1) is 23.5 Å². The maximum atomic E-state index is 8.88. The maximum Gasteiger partial charge on any atom is 0.206 e. The van der Waals surface area contributed by atoms with Gasteiger partial charge in [-0.2, -0.15) is 10.4 Å². The largest absolute Gasteiger partial charge is 0.258 e. The highest BCUT2D eigenvalue weighted by Crippen LogP contribution is 2.22. The van der Waals surface area contributed by atoms with Crippen molar-refractivity contribution in [2.24, 2.45) is 10.1 Å². The summed E-state index contributed by atoms with van der Waals surface area (Å²) in [7, 11) is 0. The molecule has 1 aromatic heterocycles. The number of halogens is 1. The van der Waals surface area contributed by atoms with Crippen molar-refractivity contribution < 1.29 is 0 Å². The van der Waals surface area contributed by atoms with Crippen LogP contribution in [-0.4, -0.2) is 17.4 Å². The first-order valence-corrected chi connectivity index (χ1v) is 9.40. The molecule has 25 heavy (non-hydrogen) atoms. The second-order valence-corrected chi connectivity index (χ2v) is 6.93. The van der Waals surface area contributed by atoms with Crippen LogP contribution in [-0.2, 0) is 0 Å². The smallest absolute Gasteiger partial charge is 0.206 e. The van der Waals surface area contributed by atoms with Crippen molar-refractivity contribution in [1.82, 2.24) is 4.68 Å². The minimum atomic E-state index is 0.637. The molecular formula is C19H15BrN4S. The zero-order chi connectivity index (χ0) is 17.6. The molecule has 0 fully saturated rings. The van der Waals surface area contributed by atoms with E-state index in [1.165, 1.54) is 0 Å². The molecule has 0 unspecified atom stereocenters. The summed E-state index contributed by atoms with van der Waals surface area (Å²) in [5.41, 5.74) is 3.64. The Kier molecular flexibility index (Phi) is 5.59. The second-order valence-electron chi connectivity index (χ2n) is 5.17. The molecule has 3 aromatic rings. The molecule has 0 radical (unpaired) electrons. The summed E-state index contributed by atoms with van der Waals surface area (Å²) in [5.74, 6) is 0. The lowest BCUT2D eigenvalue weighted by Gasteiger charge is -2.04. The molecule has 0 saturated heterocycles. The fourth-order valence-electron chi connectivity index (χ4n) is 2.24. The van der Waals surface area contributed by atoms with Crippen LogP contribution in [0, 0.1) is 11.3 Å². The van der Waals surface area contributed by atoms with Crippen LogP contribution in [0.15, 0.2) is 68.5 Å². The lowest BCUT2D eigenvalue weighted by atomic mass is 10.2. The Morgan fingerprint density at radius 3 is 2.52 bits per heavy atom. The molecule has 0 aliphatic rings. The lowest BCUT2D eigenvalue weighted by Crippen LogP contribution is -2.12. The molecule has 0 amide bonds. The number of nitrogens with zero attached hydrogens (tertiary/aromatic N) is 4. The number of benzene rings is 2. The summed E-state index contributed by atoms with van der Waals surface area (Å²) in [6.07, 6.45) is 1.78. The Labute approximate surface area is 158 Å². The number of hydrogen-bond acceptors (Lipinski definition) is 4. The predicted octanol–water partition coefficient (Wildman–Crippen LogP) is 4.65. The van der Waals surface area contributed by atoms with Crippen LogP contribution in [0.25, 0.3) is 11.3 Å². The Morgan fingerprint density at radius 1 is 1.16 bits per heavy atom. The topological polar surface area (TPSA) is 53.4 Å². The summed E-state index contributed by atoms with van der Waals surface area (Å²) >= 11 is 5.03. The van der Waals surface area contributed by atoms with Gasteiger partial charge in [0.2, 0.25) is 4.80 Å². The van der Waals surface area contributed by atoms with Gasteiger partial charge >= 0.3 is 0 Å². The third kappa shape index (κ3) is 4.13. The number of nitriles is 1. The number of aromatic nitrogens is 1. The quantitative estimate of drug-likeness (QED) is 0.577. The molecule has 1 heterocycles. The second kappa shape index (κ2) is 8.06. The van der Waals surface area contributed by atoms with Gasteiger partial charge in [0, 0.05) is 22.0 Å². The first-order chi connectivity index (χ1) is 12.2. The lowest BCUT2D eigenvalue weighted by molar-refractivity contribution is 0.833. The average Bonchev–Trinajstić information content (AvgIpc) is 3.04. The number of hydrogen-bond donors (Lipinski definition) is 0. The minimum Gasteiger partial charge on any atom is -0.258 e. The molecule has 124 valence electrons. The Bertz CT molecular complexity index is 990. The summed E-state index contributed by atoms with van der Waals surface area (Å²) in [6, 6.07) is 17.6. The highest BCUT2D eigenvalue weighted by Gasteiger charge is 2.07. The average molecular weight is 411 g/mol. The zero-order valence-corrected chi connectivity index (χ0v) is 16.0. The maximum absolute atomic E-state index is 8.88. The monoisotopic (exact) mass is 410 g/mol. The summed E-state index contributed by atoms with van der Waals surface area (Å²) in [4.78, 5) is 5.38. The molecule has 4 nitrogen and oxygen atoms in total. The summed E-state index contributed by atoms with van der Waals surface area (Å²) in [5, 5.41) is 15.6. The van der Waals surface area contributed by atoms with E-state index in [2.05, 4.69) is 49.6 Å². The first-order valence-electron chi connectivity index (χ1n) is 7.72. The fourth-order valence-corrected chi connectivity index (χ4v) is 3.41. The van der Waals surface area contributed by atoms with Crippen LogP contribution in [0.2, 0.25) is 0 Å². The van der Waals surface area contributed by atoms with E-state index in [4.69, 9.17) is 5.26 Å². The molecule has 3 rings (SSSR count). The van der Waals surface area contributed by atoms with Gasteiger partial charge in [0.25, 0.3) is 0 Å². The van der Waals surface area contributed by atoms with Crippen molar-refractivity contribution in [2.75, 3.05) is 6.54 Å². The van der Waals surface area contributed by atoms with Gasteiger partial charge in [0.1, 0.15) is 0 Å². The van der Waals surface area contributed by atoms with E-state index in [0.29, 0.717) is 12.1 Å². The van der Waals surface area contributed by atoms with Crippen LogP contribution in [0.5, 0.6) is 0 Å². The van der Waals surface area contributed by atoms with Crippen LogP contribution in [0.3, 0.4) is 0 Å². The zero-order valence-electron chi connectivity index (χ0n) is 13.6. The summed E-state index contributed by atoms with van der Waals surface area (Å²) in [6.45, 7) is 2.71. The van der Waals surface area contributed by atoms with E-state index < -0.39 is 0 Å². The Hall–Kier alpha value is -2.49. The number of rotatable bonds is 4. The fraction of sp³-hybridized carbons (Fsp3) is 0.105. The Balaban J connectivity index is 2.02. The molecule has 0 saturated carbocycles. The van der Waals surface area contributed by atoms with Gasteiger partial charge in [0.15, 0.2) is 0 Å². The molecule has 6 heteroatoms.